The van der Waals surface area contributed by atoms with Gasteiger partial charge in [0.2, 0.25) is 0 Å². The van der Waals surface area contributed by atoms with Gasteiger partial charge >= 0.3 is 0 Å². The Bertz CT molecular complexity index is 582. The number of hydrogen-bond donors (Lipinski definition) is 1. The molecular formula is C9H5BrCl2N2O. The average Bonchev–Trinajstić information content (AvgIpc) is 2.23. The van der Waals surface area contributed by atoms with E-state index in [2.05, 4.69) is 25.9 Å². The molecule has 0 aliphatic heterocycles. The van der Waals surface area contributed by atoms with Crippen LogP contribution in [-0.2, 0) is 5.33 Å². The van der Waals surface area contributed by atoms with Crippen LogP contribution >= 0.6 is 39.1 Å². The molecule has 1 aromatic heterocycles. The quantitative estimate of drug-likeness (QED) is 0.823. The second-order valence-electron chi connectivity index (χ2n) is 2.90. The molecule has 0 amide bonds. The van der Waals surface area contributed by atoms with Crippen LogP contribution in [0, 0.1) is 0 Å². The largest absolute Gasteiger partial charge is 0.319 e. The minimum atomic E-state index is -0.224. The molecule has 2 aromatic rings. The predicted molar refractivity (Wildman–Crippen MR) is 65.0 cm³/mol. The maximum absolute atomic E-state index is 11.4. The fraction of sp³-hybridized carbons (Fsp3) is 0.111. The number of rotatable bonds is 1. The molecule has 0 fully saturated rings. The number of fused-ring (bicyclic) bond motifs is 1. The van der Waals surface area contributed by atoms with E-state index < -0.39 is 0 Å². The fourth-order valence-corrected chi connectivity index (χ4v) is 1.96. The first kappa shape index (κ1) is 10.9. The summed E-state index contributed by atoms with van der Waals surface area (Å²) >= 11 is 15.0. The van der Waals surface area contributed by atoms with Gasteiger partial charge in [-0.15, -0.1) is 0 Å². The summed E-state index contributed by atoms with van der Waals surface area (Å²) in [5.74, 6) is 0. The second kappa shape index (κ2) is 4.12. The summed E-state index contributed by atoms with van der Waals surface area (Å²) in [4.78, 5) is 18.3. The second-order valence-corrected chi connectivity index (χ2v) is 4.25. The zero-order valence-electron chi connectivity index (χ0n) is 7.35. The SMILES string of the molecule is O=c1[nH]c2ccc(Cl)c(Cl)c2nc1CBr. The number of nitrogens with zero attached hydrogens (tertiary/aromatic N) is 1. The van der Waals surface area contributed by atoms with Crippen LogP contribution < -0.4 is 5.56 Å². The molecule has 1 aromatic carbocycles. The Balaban J connectivity index is 2.89. The lowest BCUT2D eigenvalue weighted by molar-refractivity contribution is 1.11. The summed E-state index contributed by atoms with van der Waals surface area (Å²) in [6.45, 7) is 0. The van der Waals surface area contributed by atoms with E-state index in [1.807, 2.05) is 0 Å². The maximum atomic E-state index is 11.4. The lowest BCUT2D eigenvalue weighted by atomic mass is 10.3. The van der Waals surface area contributed by atoms with Gasteiger partial charge in [-0.1, -0.05) is 39.1 Å². The molecule has 78 valence electrons. The van der Waals surface area contributed by atoms with Crippen molar-refractivity contribution in [2.75, 3.05) is 0 Å². The topological polar surface area (TPSA) is 45.8 Å². The van der Waals surface area contributed by atoms with Gasteiger partial charge < -0.3 is 4.98 Å². The Morgan fingerprint density at radius 3 is 2.80 bits per heavy atom. The van der Waals surface area contributed by atoms with Crippen molar-refractivity contribution in [3.05, 3.63) is 38.2 Å². The number of H-pyrrole nitrogens is 1. The summed E-state index contributed by atoms with van der Waals surface area (Å²) in [5, 5.41) is 1.15. The molecule has 0 radical (unpaired) electrons. The van der Waals surface area contributed by atoms with Crippen molar-refractivity contribution in [3.63, 3.8) is 0 Å². The monoisotopic (exact) mass is 306 g/mol. The zero-order chi connectivity index (χ0) is 11.0. The van der Waals surface area contributed by atoms with Crippen LogP contribution in [0.2, 0.25) is 10.0 Å². The molecule has 0 unspecified atom stereocenters. The number of nitrogens with one attached hydrogen (secondary N) is 1. The highest BCUT2D eigenvalue weighted by atomic mass is 79.9. The first-order chi connectivity index (χ1) is 7.13. The minimum absolute atomic E-state index is 0.224. The normalized spacial score (nSPS) is 10.9. The molecule has 3 nitrogen and oxygen atoms in total. The Kier molecular flexibility index (Phi) is 3.00. The number of halogens is 3. The molecule has 0 spiro atoms. The van der Waals surface area contributed by atoms with E-state index >= 15 is 0 Å². The Hall–Kier alpha value is -0.580. The van der Waals surface area contributed by atoms with Crippen LogP contribution in [0.5, 0.6) is 0 Å². The van der Waals surface area contributed by atoms with Crippen LogP contribution in [0.15, 0.2) is 16.9 Å². The van der Waals surface area contributed by atoms with Gasteiger partial charge in [0.15, 0.2) is 0 Å². The molecule has 0 bridgehead atoms. The molecule has 0 aliphatic rings. The minimum Gasteiger partial charge on any atom is -0.319 e. The highest BCUT2D eigenvalue weighted by Crippen LogP contribution is 2.27. The standard InChI is InChI=1S/C9H5BrCl2N2O/c10-3-6-9(15)14-5-2-1-4(11)7(12)8(5)13-6/h1-2H,3H2,(H,14,15). The summed E-state index contributed by atoms with van der Waals surface area (Å²) in [5.41, 5.74) is 1.25. The van der Waals surface area contributed by atoms with Crippen molar-refractivity contribution in [1.29, 1.82) is 0 Å². The van der Waals surface area contributed by atoms with E-state index in [0.717, 1.165) is 0 Å². The maximum Gasteiger partial charge on any atom is 0.271 e. The fourth-order valence-electron chi connectivity index (χ4n) is 1.22. The smallest absolute Gasteiger partial charge is 0.271 e. The van der Waals surface area contributed by atoms with E-state index in [4.69, 9.17) is 23.2 Å². The van der Waals surface area contributed by atoms with Gasteiger partial charge in [-0.05, 0) is 12.1 Å². The number of alkyl halides is 1. The zero-order valence-corrected chi connectivity index (χ0v) is 10.4. The molecule has 15 heavy (non-hydrogen) atoms. The van der Waals surface area contributed by atoms with E-state index in [1.165, 1.54) is 0 Å². The van der Waals surface area contributed by atoms with Crippen molar-refractivity contribution in [2.24, 2.45) is 0 Å². The van der Waals surface area contributed by atoms with Crippen molar-refractivity contribution in [3.8, 4) is 0 Å². The number of aromatic amines is 1. The summed E-state index contributed by atoms with van der Waals surface area (Å²) in [7, 11) is 0. The van der Waals surface area contributed by atoms with E-state index in [0.29, 0.717) is 32.1 Å². The Morgan fingerprint density at radius 2 is 2.13 bits per heavy atom. The lowest BCUT2D eigenvalue weighted by Gasteiger charge is -2.02. The molecular weight excluding hydrogens is 303 g/mol. The summed E-state index contributed by atoms with van der Waals surface area (Å²) in [6.07, 6.45) is 0. The van der Waals surface area contributed by atoms with Crippen LogP contribution in [0.25, 0.3) is 11.0 Å². The number of aromatic nitrogens is 2. The summed E-state index contributed by atoms with van der Waals surface area (Å²) < 4.78 is 0. The van der Waals surface area contributed by atoms with Crippen molar-refractivity contribution >= 4 is 50.2 Å². The number of benzene rings is 1. The highest BCUT2D eigenvalue weighted by Gasteiger charge is 2.08. The van der Waals surface area contributed by atoms with Gasteiger partial charge in [0.1, 0.15) is 11.2 Å². The van der Waals surface area contributed by atoms with Crippen molar-refractivity contribution in [2.45, 2.75) is 5.33 Å². The lowest BCUT2D eigenvalue weighted by Crippen LogP contribution is -2.13. The Morgan fingerprint density at radius 1 is 1.40 bits per heavy atom. The van der Waals surface area contributed by atoms with Crippen LogP contribution in [0.4, 0.5) is 0 Å². The predicted octanol–water partition coefficient (Wildman–Crippen LogP) is 3.12. The highest BCUT2D eigenvalue weighted by molar-refractivity contribution is 9.08. The molecule has 1 N–H and O–H groups in total. The molecule has 0 saturated carbocycles. The molecule has 1 heterocycles. The average molecular weight is 308 g/mol. The van der Waals surface area contributed by atoms with Gasteiger partial charge in [-0.25, -0.2) is 4.98 Å². The van der Waals surface area contributed by atoms with Gasteiger partial charge in [0.25, 0.3) is 5.56 Å². The van der Waals surface area contributed by atoms with Crippen molar-refractivity contribution in [1.82, 2.24) is 9.97 Å². The first-order valence-electron chi connectivity index (χ1n) is 4.06. The third kappa shape index (κ3) is 1.89. The van der Waals surface area contributed by atoms with Gasteiger partial charge in [0, 0.05) is 0 Å². The van der Waals surface area contributed by atoms with Crippen LogP contribution in [-0.4, -0.2) is 9.97 Å². The van der Waals surface area contributed by atoms with Gasteiger partial charge in [0.05, 0.1) is 20.9 Å². The first-order valence-corrected chi connectivity index (χ1v) is 5.94. The third-order valence-corrected chi connectivity index (χ3v) is 3.28. The third-order valence-electron chi connectivity index (χ3n) is 1.95. The number of hydrogen-bond acceptors (Lipinski definition) is 2. The molecule has 0 saturated heterocycles. The van der Waals surface area contributed by atoms with E-state index in [1.54, 1.807) is 12.1 Å². The molecule has 0 aliphatic carbocycles. The van der Waals surface area contributed by atoms with Crippen LogP contribution in [0.3, 0.4) is 0 Å². The molecule has 0 atom stereocenters. The van der Waals surface area contributed by atoms with Gasteiger partial charge in [-0.3, -0.25) is 4.79 Å². The Labute approximate surface area is 104 Å². The molecule has 2 rings (SSSR count). The van der Waals surface area contributed by atoms with E-state index in [9.17, 15) is 4.79 Å². The van der Waals surface area contributed by atoms with Crippen molar-refractivity contribution < 1.29 is 0 Å². The van der Waals surface area contributed by atoms with Crippen LogP contribution in [0.1, 0.15) is 5.69 Å². The molecule has 6 heteroatoms. The van der Waals surface area contributed by atoms with E-state index in [-0.39, 0.29) is 5.56 Å². The summed E-state index contributed by atoms with van der Waals surface area (Å²) in [6, 6.07) is 3.30. The van der Waals surface area contributed by atoms with Gasteiger partial charge in [-0.2, -0.15) is 0 Å².